The van der Waals surface area contributed by atoms with Gasteiger partial charge in [-0.15, -0.1) is 11.8 Å². The van der Waals surface area contributed by atoms with E-state index in [-0.39, 0.29) is 11.4 Å². The molecule has 2 amide bonds. The second-order valence-electron chi connectivity index (χ2n) is 6.26. The number of nitrogens with zero attached hydrogens (tertiary/aromatic N) is 1. The first-order valence-corrected chi connectivity index (χ1v) is 9.98. The van der Waals surface area contributed by atoms with Crippen LogP contribution in [0.1, 0.15) is 23.4 Å². The van der Waals surface area contributed by atoms with E-state index in [1.807, 2.05) is 47.4 Å². The maximum atomic E-state index is 12.9. The molecular formula is C20H22N2O3S. The van der Waals surface area contributed by atoms with Crippen molar-refractivity contribution in [2.75, 3.05) is 30.8 Å². The van der Waals surface area contributed by atoms with E-state index in [4.69, 9.17) is 9.47 Å². The van der Waals surface area contributed by atoms with Crippen LogP contribution in [0.2, 0.25) is 0 Å². The summed E-state index contributed by atoms with van der Waals surface area (Å²) in [6.07, 6.45) is 0.886. The number of carbonyl (C=O) groups excluding carboxylic acids is 1. The van der Waals surface area contributed by atoms with E-state index in [1.165, 1.54) is 0 Å². The van der Waals surface area contributed by atoms with E-state index < -0.39 is 0 Å². The minimum atomic E-state index is -0.0595. The van der Waals surface area contributed by atoms with Gasteiger partial charge < -0.3 is 19.7 Å². The molecule has 0 saturated carbocycles. The zero-order valence-corrected chi connectivity index (χ0v) is 15.6. The van der Waals surface area contributed by atoms with Crippen LogP contribution in [0.5, 0.6) is 11.5 Å². The SMILES string of the molecule is CCc1ccccc1NC(=O)N1CCS[C@H]1c1ccc2c(c1)OCCO2. The van der Waals surface area contributed by atoms with Crippen molar-refractivity contribution in [3.8, 4) is 11.5 Å². The molecular weight excluding hydrogens is 348 g/mol. The molecule has 5 nitrogen and oxygen atoms in total. The molecule has 4 rings (SSSR count). The maximum Gasteiger partial charge on any atom is 0.323 e. The fourth-order valence-corrected chi connectivity index (χ4v) is 4.55. The summed E-state index contributed by atoms with van der Waals surface area (Å²) in [5.41, 5.74) is 3.09. The van der Waals surface area contributed by atoms with Crippen molar-refractivity contribution in [3.63, 3.8) is 0 Å². The molecule has 0 aromatic heterocycles. The number of anilines is 1. The second-order valence-corrected chi connectivity index (χ2v) is 7.45. The molecule has 1 fully saturated rings. The highest BCUT2D eigenvalue weighted by Gasteiger charge is 2.31. The van der Waals surface area contributed by atoms with Crippen LogP contribution in [-0.4, -0.2) is 36.4 Å². The lowest BCUT2D eigenvalue weighted by molar-refractivity contribution is 0.171. The summed E-state index contributed by atoms with van der Waals surface area (Å²) in [7, 11) is 0. The Balaban J connectivity index is 1.54. The highest BCUT2D eigenvalue weighted by molar-refractivity contribution is 7.99. The number of amides is 2. The number of aryl methyl sites for hydroxylation is 1. The fourth-order valence-electron chi connectivity index (χ4n) is 3.31. The smallest absolute Gasteiger partial charge is 0.323 e. The van der Waals surface area contributed by atoms with Crippen LogP contribution in [0.4, 0.5) is 10.5 Å². The number of carbonyl (C=O) groups is 1. The Kier molecular flexibility index (Phi) is 4.93. The van der Waals surface area contributed by atoms with Gasteiger partial charge in [0.2, 0.25) is 0 Å². The third kappa shape index (κ3) is 3.33. The number of hydrogen-bond donors (Lipinski definition) is 1. The topological polar surface area (TPSA) is 50.8 Å². The lowest BCUT2D eigenvalue weighted by Crippen LogP contribution is -2.34. The molecule has 0 unspecified atom stereocenters. The number of hydrogen-bond acceptors (Lipinski definition) is 4. The molecule has 1 N–H and O–H groups in total. The summed E-state index contributed by atoms with van der Waals surface area (Å²) in [5.74, 6) is 2.45. The third-order valence-electron chi connectivity index (χ3n) is 4.64. The van der Waals surface area contributed by atoms with E-state index in [0.29, 0.717) is 13.2 Å². The first-order valence-electron chi connectivity index (χ1n) is 8.93. The number of para-hydroxylation sites is 1. The molecule has 0 spiro atoms. The molecule has 0 bridgehead atoms. The molecule has 1 saturated heterocycles. The van der Waals surface area contributed by atoms with Crippen molar-refractivity contribution in [2.24, 2.45) is 0 Å². The number of ether oxygens (including phenoxy) is 2. The third-order valence-corrected chi connectivity index (χ3v) is 5.90. The molecule has 26 heavy (non-hydrogen) atoms. The molecule has 2 aromatic rings. The molecule has 0 aliphatic carbocycles. The van der Waals surface area contributed by atoms with Crippen molar-refractivity contribution < 1.29 is 14.3 Å². The van der Waals surface area contributed by atoms with Crippen molar-refractivity contribution in [1.82, 2.24) is 4.90 Å². The number of nitrogens with one attached hydrogen (secondary N) is 1. The van der Waals surface area contributed by atoms with Gasteiger partial charge in [-0.2, -0.15) is 0 Å². The molecule has 1 atom stereocenters. The Hall–Kier alpha value is -2.34. The van der Waals surface area contributed by atoms with E-state index in [9.17, 15) is 4.79 Å². The summed E-state index contributed by atoms with van der Waals surface area (Å²) in [5, 5.41) is 3.07. The summed E-state index contributed by atoms with van der Waals surface area (Å²) in [4.78, 5) is 14.8. The number of fused-ring (bicyclic) bond motifs is 1. The van der Waals surface area contributed by atoms with E-state index in [0.717, 1.165) is 47.0 Å². The summed E-state index contributed by atoms with van der Waals surface area (Å²) in [6, 6.07) is 13.9. The van der Waals surface area contributed by atoms with E-state index >= 15 is 0 Å². The highest BCUT2D eigenvalue weighted by atomic mass is 32.2. The monoisotopic (exact) mass is 370 g/mol. The zero-order valence-electron chi connectivity index (χ0n) is 14.7. The summed E-state index contributed by atoms with van der Waals surface area (Å²) < 4.78 is 11.3. The molecule has 2 aliphatic rings. The minimum Gasteiger partial charge on any atom is -0.486 e. The Morgan fingerprint density at radius 3 is 2.85 bits per heavy atom. The molecule has 6 heteroatoms. The van der Waals surface area contributed by atoms with Crippen LogP contribution in [0.15, 0.2) is 42.5 Å². The second kappa shape index (κ2) is 7.50. The highest BCUT2D eigenvalue weighted by Crippen LogP contribution is 2.42. The lowest BCUT2D eigenvalue weighted by atomic mass is 10.1. The average Bonchev–Trinajstić information content (AvgIpc) is 3.18. The molecule has 136 valence electrons. The Bertz CT molecular complexity index is 811. The van der Waals surface area contributed by atoms with Crippen LogP contribution in [-0.2, 0) is 6.42 Å². The quantitative estimate of drug-likeness (QED) is 0.875. The van der Waals surface area contributed by atoms with Crippen molar-refractivity contribution >= 4 is 23.5 Å². The number of rotatable bonds is 3. The van der Waals surface area contributed by atoms with Crippen molar-refractivity contribution in [3.05, 3.63) is 53.6 Å². The number of urea groups is 1. The maximum absolute atomic E-state index is 12.9. The van der Waals surface area contributed by atoms with Gasteiger partial charge in [0.05, 0.1) is 0 Å². The van der Waals surface area contributed by atoms with Gasteiger partial charge >= 0.3 is 6.03 Å². The van der Waals surface area contributed by atoms with Gasteiger partial charge in [-0.05, 0) is 35.7 Å². The van der Waals surface area contributed by atoms with Crippen LogP contribution in [0.25, 0.3) is 0 Å². The minimum absolute atomic E-state index is 0.0142. The van der Waals surface area contributed by atoms with Crippen molar-refractivity contribution in [1.29, 1.82) is 0 Å². The van der Waals surface area contributed by atoms with Gasteiger partial charge in [0.15, 0.2) is 11.5 Å². The molecule has 2 heterocycles. The average molecular weight is 370 g/mol. The Labute approximate surface area is 157 Å². The first kappa shape index (κ1) is 17.1. The first-order chi connectivity index (χ1) is 12.8. The van der Waals surface area contributed by atoms with Gasteiger partial charge in [0.1, 0.15) is 18.6 Å². The van der Waals surface area contributed by atoms with Crippen molar-refractivity contribution in [2.45, 2.75) is 18.7 Å². The van der Waals surface area contributed by atoms with Gasteiger partial charge in [-0.25, -0.2) is 4.79 Å². The molecule has 2 aromatic carbocycles. The van der Waals surface area contributed by atoms with Gasteiger partial charge in [-0.1, -0.05) is 31.2 Å². The largest absolute Gasteiger partial charge is 0.486 e. The standard InChI is InChI=1S/C20H22N2O3S/c1-2-14-5-3-4-6-16(14)21-20(23)22-9-12-26-19(22)15-7-8-17-18(13-15)25-11-10-24-17/h3-8,13,19H,2,9-12H2,1H3,(H,21,23)/t19-/m0/s1. The zero-order chi connectivity index (χ0) is 17.9. The predicted molar refractivity (Wildman–Crippen MR) is 104 cm³/mol. The fraction of sp³-hybridized carbons (Fsp3) is 0.350. The van der Waals surface area contributed by atoms with Crippen LogP contribution in [0, 0.1) is 0 Å². The Morgan fingerprint density at radius 2 is 2.00 bits per heavy atom. The normalized spacial score (nSPS) is 18.7. The summed E-state index contributed by atoms with van der Waals surface area (Å²) >= 11 is 1.77. The Morgan fingerprint density at radius 1 is 1.19 bits per heavy atom. The lowest BCUT2D eigenvalue weighted by Gasteiger charge is -2.26. The predicted octanol–water partition coefficient (Wildman–Crippen LogP) is 4.30. The van der Waals surface area contributed by atoms with Crippen LogP contribution >= 0.6 is 11.8 Å². The van der Waals surface area contributed by atoms with Crippen LogP contribution < -0.4 is 14.8 Å². The number of thioether (sulfide) groups is 1. The number of benzene rings is 2. The van der Waals surface area contributed by atoms with Gasteiger partial charge in [0, 0.05) is 18.0 Å². The van der Waals surface area contributed by atoms with E-state index in [1.54, 1.807) is 11.8 Å². The van der Waals surface area contributed by atoms with Gasteiger partial charge in [-0.3, -0.25) is 0 Å². The molecule has 0 radical (unpaired) electrons. The van der Waals surface area contributed by atoms with Crippen LogP contribution in [0.3, 0.4) is 0 Å². The van der Waals surface area contributed by atoms with E-state index in [2.05, 4.69) is 12.2 Å². The molecule has 2 aliphatic heterocycles. The summed E-state index contributed by atoms with van der Waals surface area (Å²) in [6.45, 7) is 3.96. The van der Waals surface area contributed by atoms with Gasteiger partial charge in [0.25, 0.3) is 0 Å².